The molecule has 3 rings (SSSR count). The molecule has 3 N–H and O–H groups in total. The van der Waals surface area contributed by atoms with E-state index in [-0.39, 0.29) is 11.7 Å². The molecular formula is C19H18N2O4S2. The average Bonchev–Trinajstić information content (AvgIpc) is 3.33. The van der Waals surface area contributed by atoms with Crippen LogP contribution in [0.15, 0.2) is 59.3 Å². The van der Waals surface area contributed by atoms with E-state index in [0.29, 0.717) is 18.7 Å². The van der Waals surface area contributed by atoms with Gasteiger partial charge in [-0.3, -0.25) is 4.79 Å². The Morgan fingerprint density at radius 3 is 1.96 bits per heavy atom. The zero-order valence-corrected chi connectivity index (χ0v) is 15.9. The largest absolute Gasteiger partial charge is 0.508 e. The number of thiophene rings is 2. The normalized spacial score (nSPS) is 11.7. The number of benzene rings is 1. The van der Waals surface area contributed by atoms with Crippen LogP contribution < -0.4 is 5.32 Å². The van der Waals surface area contributed by atoms with Gasteiger partial charge in [-0.25, -0.2) is 4.79 Å². The molecule has 0 fully saturated rings. The summed E-state index contributed by atoms with van der Waals surface area (Å²) >= 11 is 3.09. The average molecular weight is 402 g/mol. The molecule has 0 aliphatic carbocycles. The van der Waals surface area contributed by atoms with Crippen molar-refractivity contribution in [2.45, 2.75) is 19.1 Å². The van der Waals surface area contributed by atoms with E-state index in [1.165, 1.54) is 12.1 Å². The Balaban J connectivity index is 1.89. The van der Waals surface area contributed by atoms with Crippen molar-refractivity contribution in [3.63, 3.8) is 0 Å². The summed E-state index contributed by atoms with van der Waals surface area (Å²) in [6, 6.07) is 12.6. The number of rotatable bonds is 7. The molecule has 2 amide bonds. The van der Waals surface area contributed by atoms with Gasteiger partial charge in [0.05, 0.1) is 13.1 Å². The number of carboxylic acid groups (broad SMARTS) is 1. The highest BCUT2D eigenvalue weighted by atomic mass is 32.1. The van der Waals surface area contributed by atoms with Crippen molar-refractivity contribution in [2.24, 2.45) is 0 Å². The fourth-order valence-corrected chi connectivity index (χ4v) is 4.09. The van der Waals surface area contributed by atoms with Gasteiger partial charge in [-0.1, -0.05) is 24.3 Å². The Morgan fingerprint density at radius 2 is 1.52 bits per heavy atom. The molecule has 6 nitrogen and oxygen atoms in total. The third-order valence-electron chi connectivity index (χ3n) is 3.91. The van der Waals surface area contributed by atoms with Crippen LogP contribution in [0.3, 0.4) is 0 Å². The minimum Gasteiger partial charge on any atom is -0.508 e. The zero-order chi connectivity index (χ0) is 19.2. The fourth-order valence-electron chi connectivity index (χ4n) is 2.65. The highest BCUT2D eigenvalue weighted by Crippen LogP contribution is 2.24. The number of nitrogens with zero attached hydrogens (tertiary/aromatic N) is 1. The Hall–Kier alpha value is -2.84. The van der Waals surface area contributed by atoms with Gasteiger partial charge in [0.15, 0.2) is 0 Å². The van der Waals surface area contributed by atoms with E-state index < -0.39 is 12.1 Å². The van der Waals surface area contributed by atoms with Crippen LogP contribution in [0.5, 0.6) is 5.75 Å². The number of carbonyl (C=O) groups is 2. The van der Waals surface area contributed by atoms with Crippen LogP contribution in [-0.4, -0.2) is 27.1 Å². The lowest BCUT2D eigenvalue weighted by Crippen LogP contribution is -2.41. The lowest BCUT2D eigenvalue weighted by molar-refractivity contribution is -0.134. The Morgan fingerprint density at radius 1 is 0.963 bits per heavy atom. The van der Waals surface area contributed by atoms with Crippen LogP contribution in [0.2, 0.25) is 0 Å². The Labute approximate surface area is 164 Å². The van der Waals surface area contributed by atoms with Gasteiger partial charge >= 0.3 is 6.09 Å². The van der Waals surface area contributed by atoms with E-state index >= 15 is 0 Å². The number of phenolic OH excluding ortho intramolecular Hbond substituents is 1. The predicted octanol–water partition coefficient (Wildman–Crippen LogP) is 4.05. The maximum absolute atomic E-state index is 13.3. The number of nitrogens with one attached hydrogen (secondary N) is 1. The van der Waals surface area contributed by atoms with Gasteiger partial charge in [0.25, 0.3) is 5.91 Å². The van der Waals surface area contributed by atoms with Crippen molar-refractivity contribution in [2.75, 3.05) is 0 Å². The van der Waals surface area contributed by atoms with Crippen molar-refractivity contribution >= 4 is 34.7 Å². The summed E-state index contributed by atoms with van der Waals surface area (Å²) in [7, 11) is 0. The molecule has 0 saturated heterocycles. The van der Waals surface area contributed by atoms with Crippen molar-refractivity contribution in [1.82, 2.24) is 10.2 Å². The molecule has 0 saturated carbocycles. The van der Waals surface area contributed by atoms with Gasteiger partial charge in [0.2, 0.25) is 0 Å². The second-order valence-electron chi connectivity index (χ2n) is 5.83. The van der Waals surface area contributed by atoms with Gasteiger partial charge in [0.1, 0.15) is 11.8 Å². The smallest absolute Gasteiger partial charge is 0.405 e. The monoisotopic (exact) mass is 402 g/mol. The summed E-state index contributed by atoms with van der Waals surface area (Å²) in [5.74, 6) is -0.292. The SMILES string of the molecule is O=C(O)N[C@@H](C(=O)N(Cc1cccs1)Cc1cccs1)c1ccc(O)cc1. The third-order valence-corrected chi connectivity index (χ3v) is 5.63. The number of amides is 2. The number of hydrogen-bond donors (Lipinski definition) is 3. The van der Waals surface area contributed by atoms with Crippen LogP contribution in [0.4, 0.5) is 4.79 Å². The topological polar surface area (TPSA) is 89.9 Å². The number of hydrogen-bond acceptors (Lipinski definition) is 5. The molecule has 0 aliphatic heterocycles. The minimum atomic E-state index is -1.28. The lowest BCUT2D eigenvalue weighted by Gasteiger charge is -2.27. The van der Waals surface area contributed by atoms with E-state index in [9.17, 15) is 19.8 Å². The fraction of sp³-hybridized carbons (Fsp3) is 0.158. The van der Waals surface area contributed by atoms with E-state index in [4.69, 9.17) is 0 Å². The van der Waals surface area contributed by atoms with Gasteiger partial charge < -0.3 is 20.4 Å². The molecule has 8 heteroatoms. The zero-order valence-electron chi connectivity index (χ0n) is 14.2. The molecule has 0 unspecified atom stereocenters. The van der Waals surface area contributed by atoms with Crippen LogP contribution in [0, 0.1) is 0 Å². The standard InChI is InChI=1S/C19H18N2O4S2/c22-14-7-5-13(6-8-14)17(20-19(24)25)18(23)21(11-15-3-1-9-26-15)12-16-4-2-10-27-16/h1-10,17,20,22H,11-12H2,(H,24,25)/t17-/m1/s1. The lowest BCUT2D eigenvalue weighted by atomic mass is 10.1. The maximum Gasteiger partial charge on any atom is 0.405 e. The van der Waals surface area contributed by atoms with Crippen LogP contribution in [0.1, 0.15) is 21.4 Å². The molecule has 0 radical (unpaired) electrons. The van der Waals surface area contributed by atoms with Crippen LogP contribution in [-0.2, 0) is 17.9 Å². The number of aromatic hydroxyl groups is 1. The van der Waals surface area contributed by atoms with Crippen molar-refractivity contribution in [1.29, 1.82) is 0 Å². The molecule has 3 aromatic rings. The van der Waals surface area contributed by atoms with E-state index in [0.717, 1.165) is 9.75 Å². The van der Waals surface area contributed by atoms with E-state index in [1.54, 1.807) is 39.7 Å². The highest BCUT2D eigenvalue weighted by molar-refractivity contribution is 7.10. The van der Waals surface area contributed by atoms with Gasteiger partial charge in [0, 0.05) is 9.75 Å². The van der Waals surface area contributed by atoms with E-state index in [2.05, 4.69) is 5.32 Å². The molecule has 2 heterocycles. The third kappa shape index (κ3) is 5.08. The van der Waals surface area contributed by atoms with Crippen LogP contribution >= 0.6 is 22.7 Å². The summed E-state index contributed by atoms with van der Waals surface area (Å²) < 4.78 is 0. The van der Waals surface area contributed by atoms with Crippen molar-refractivity contribution < 1.29 is 19.8 Å². The summed E-state index contributed by atoms with van der Waals surface area (Å²) in [4.78, 5) is 28.2. The molecule has 140 valence electrons. The Bertz CT molecular complexity index is 841. The van der Waals surface area contributed by atoms with Gasteiger partial charge in [-0.05, 0) is 40.6 Å². The Kier molecular flexibility index (Phi) is 6.10. The quantitative estimate of drug-likeness (QED) is 0.556. The first-order valence-electron chi connectivity index (χ1n) is 8.15. The van der Waals surface area contributed by atoms with Crippen LogP contribution in [0.25, 0.3) is 0 Å². The summed E-state index contributed by atoms with van der Waals surface area (Å²) in [6.45, 7) is 0.786. The van der Waals surface area contributed by atoms with Gasteiger partial charge in [-0.2, -0.15) is 0 Å². The summed E-state index contributed by atoms with van der Waals surface area (Å²) in [5.41, 5.74) is 0.475. The first-order valence-corrected chi connectivity index (χ1v) is 9.91. The highest BCUT2D eigenvalue weighted by Gasteiger charge is 2.28. The number of phenols is 1. The molecule has 2 aromatic heterocycles. The molecule has 0 spiro atoms. The minimum absolute atomic E-state index is 0.0503. The number of carbonyl (C=O) groups excluding carboxylic acids is 1. The summed E-state index contributed by atoms with van der Waals surface area (Å²) in [5, 5.41) is 24.9. The molecular weight excluding hydrogens is 384 g/mol. The molecule has 0 bridgehead atoms. The molecule has 1 aromatic carbocycles. The van der Waals surface area contributed by atoms with Crippen molar-refractivity contribution in [3.05, 3.63) is 74.6 Å². The first-order chi connectivity index (χ1) is 13.0. The molecule has 27 heavy (non-hydrogen) atoms. The second kappa shape index (κ2) is 8.70. The predicted molar refractivity (Wildman–Crippen MR) is 105 cm³/mol. The van der Waals surface area contributed by atoms with Crippen molar-refractivity contribution in [3.8, 4) is 5.75 Å². The molecule has 1 atom stereocenters. The summed E-state index contributed by atoms with van der Waals surface area (Å²) in [6.07, 6.45) is -1.28. The maximum atomic E-state index is 13.3. The van der Waals surface area contributed by atoms with E-state index in [1.807, 2.05) is 35.0 Å². The second-order valence-corrected chi connectivity index (χ2v) is 7.89. The van der Waals surface area contributed by atoms with Gasteiger partial charge in [-0.15, -0.1) is 22.7 Å². The first kappa shape index (κ1) is 18.9. The molecule has 0 aliphatic rings.